The molecule has 1 N–H and O–H groups in total. The normalized spacial score (nSPS) is 20.1. The molecule has 152 valence electrons. The molecule has 1 aromatic carbocycles. The summed E-state index contributed by atoms with van der Waals surface area (Å²) in [4.78, 5) is 4.68. The van der Waals surface area contributed by atoms with Gasteiger partial charge in [-0.2, -0.15) is 0 Å². The molecule has 2 heterocycles. The maximum atomic E-state index is 10.4. The highest BCUT2D eigenvalue weighted by Gasteiger charge is 2.21. The molecule has 0 saturated carbocycles. The van der Waals surface area contributed by atoms with Crippen LogP contribution in [0.1, 0.15) is 31.2 Å². The van der Waals surface area contributed by atoms with Crippen LogP contribution >= 0.6 is 0 Å². The van der Waals surface area contributed by atoms with Crippen molar-refractivity contribution in [3.63, 3.8) is 0 Å². The van der Waals surface area contributed by atoms with E-state index in [0.29, 0.717) is 19.2 Å². The summed E-state index contributed by atoms with van der Waals surface area (Å²) in [5, 5.41) is 10.4. The molecule has 27 heavy (non-hydrogen) atoms. The number of hydrogen-bond donors (Lipinski definition) is 1. The van der Waals surface area contributed by atoms with Gasteiger partial charge in [-0.15, -0.1) is 0 Å². The average molecular weight is 379 g/mol. The van der Waals surface area contributed by atoms with Crippen LogP contribution in [-0.4, -0.2) is 80.7 Å². The lowest BCUT2D eigenvalue weighted by atomic mass is 10.1. The van der Waals surface area contributed by atoms with E-state index in [0.717, 1.165) is 62.8 Å². The number of nitrogens with zero attached hydrogens (tertiary/aromatic N) is 2. The summed E-state index contributed by atoms with van der Waals surface area (Å²) in [6, 6.07) is 6.50. The maximum Gasteiger partial charge on any atom is 0.127 e. The highest BCUT2D eigenvalue weighted by molar-refractivity contribution is 5.40. The molecule has 1 atom stereocenters. The van der Waals surface area contributed by atoms with Crippen LogP contribution in [0.2, 0.25) is 0 Å². The minimum absolute atomic E-state index is 0.303. The SMILES string of the molecule is COc1ccc(CN(C)C2CCOCC2)c(OC[C@H](O)CN2CCCC2)c1. The number of aliphatic hydroxyl groups is 1. The summed E-state index contributed by atoms with van der Waals surface area (Å²) >= 11 is 0. The van der Waals surface area contributed by atoms with E-state index < -0.39 is 6.10 Å². The first-order valence-corrected chi connectivity index (χ1v) is 10.1. The van der Waals surface area contributed by atoms with Crippen molar-refractivity contribution >= 4 is 0 Å². The van der Waals surface area contributed by atoms with Gasteiger partial charge in [0.2, 0.25) is 0 Å². The van der Waals surface area contributed by atoms with Crippen molar-refractivity contribution in [1.29, 1.82) is 0 Å². The second-order valence-corrected chi connectivity index (χ2v) is 7.70. The summed E-state index contributed by atoms with van der Waals surface area (Å²) in [5.74, 6) is 1.57. The van der Waals surface area contributed by atoms with E-state index in [-0.39, 0.29) is 0 Å². The number of hydrogen-bond acceptors (Lipinski definition) is 6. The molecule has 2 aliphatic rings. The summed E-state index contributed by atoms with van der Waals surface area (Å²) in [6.45, 7) is 5.63. The molecule has 1 aromatic rings. The molecular weight excluding hydrogens is 344 g/mol. The number of ether oxygens (including phenoxy) is 3. The Morgan fingerprint density at radius 1 is 1.26 bits per heavy atom. The van der Waals surface area contributed by atoms with Gasteiger partial charge in [-0.05, 0) is 51.9 Å². The minimum atomic E-state index is -0.477. The van der Waals surface area contributed by atoms with Crippen molar-refractivity contribution in [3.8, 4) is 11.5 Å². The van der Waals surface area contributed by atoms with Gasteiger partial charge in [0.25, 0.3) is 0 Å². The van der Waals surface area contributed by atoms with Crippen molar-refractivity contribution in [2.75, 3.05) is 53.6 Å². The lowest BCUT2D eigenvalue weighted by Crippen LogP contribution is -2.36. The van der Waals surface area contributed by atoms with Crippen molar-refractivity contribution in [2.24, 2.45) is 0 Å². The van der Waals surface area contributed by atoms with Gasteiger partial charge < -0.3 is 24.2 Å². The molecule has 2 aliphatic heterocycles. The number of β-amino-alcohol motifs (C(OH)–C–C–N with tert-alkyl or cyclic N) is 1. The first-order chi connectivity index (χ1) is 13.2. The monoisotopic (exact) mass is 378 g/mol. The Morgan fingerprint density at radius 3 is 2.70 bits per heavy atom. The molecule has 2 saturated heterocycles. The summed E-state index contributed by atoms with van der Waals surface area (Å²) in [5.41, 5.74) is 1.12. The third-order valence-electron chi connectivity index (χ3n) is 5.61. The molecule has 2 fully saturated rings. The molecule has 0 spiro atoms. The Kier molecular flexibility index (Phi) is 7.76. The maximum absolute atomic E-state index is 10.4. The topological polar surface area (TPSA) is 54.4 Å². The first kappa shape index (κ1) is 20.4. The zero-order chi connectivity index (χ0) is 19.1. The Hall–Kier alpha value is -1.34. The fourth-order valence-corrected chi connectivity index (χ4v) is 3.95. The van der Waals surface area contributed by atoms with Crippen LogP contribution in [0.25, 0.3) is 0 Å². The summed E-state index contributed by atoms with van der Waals surface area (Å²) in [6.07, 6.45) is 4.11. The van der Waals surface area contributed by atoms with Gasteiger partial charge in [0.1, 0.15) is 24.2 Å². The Labute approximate surface area is 163 Å². The van der Waals surface area contributed by atoms with E-state index in [1.807, 2.05) is 12.1 Å². The van der Waals surface area contributed by atoms with Gasteiger partial charge in [-0.25, -0.2) is 0 Å². The highest BCUT2D eigenvalue weighted by Crippen LogP contribution is 2.27. The van der Waals surface area contributed by atoms with Crippen LogP contribution in [-0.2, 0) is 11.3 Å². The highest BCUT2D eigenvalue weighted by atomic mass is 16.5. The average Bonchev–Trinajstić information content (AvgIpc) is 3.20. The lowest BCUT2D eigenvalue weighted by molar-refractivity contribution is 0.0400. The molecule has 0 aliphatic carbocycles. The van der Waals surface area contributed by atoms with Gasteiger partial charge in [0, 0.05) is 44.0 Å². The number of benzene rings is 1. The molecule has 0 aromatic heterocycles. The zero-order valence-corrected chi connectivity index (χ0v) is 16.7. The molecule has 6 heteroatoms. The van der Waals surface area contributed by atoms with Crippen molar-refractivity contribution in [2.45, 2.75) is 44.4 Å². The van der Waals surface area contributed by atoms with Gasteiger partial charge in [0.15, 0.2) is 0 Å². The van der Waals surface area contributed by atoms with E-state index >= 15 is 0 Å². The molecule has 6 nitrogen and oxygen atoms in total. The van der Waals surface area contributed by atoms with Crippen LogP contribution < -0.4 is 9.47 Å². The fraction of sp³-hybridized carbons (Fsp3) is 0.714. The number of methoxy groups -OCH3 is 1. The van der Waals surface area contributed by atoms with E-state index in [1.165, 1.54) is 12.8 Å². The third kappa shape index (κ3) is 6.07. The third-order valence-corrected chi connectivity index (χ3v) is 5.61. The second-order valence-electron chi connectivity index (χ2n) is 7.70. The molecule has 0 amide bonds. The molecule has 3 rings (SSSR count). The fourth-order valence-electron chi connectivity index (χ4n) is 3.95. The lowest BCUT2D eigenvalue weighted by Gasteiger charge is -2.31. The Morgan fingerprint density at radius 2 is 2.00 bits per heavy atom. The predicted molar refractivity (Wildman–Crippen MR) is 105 cm³/mol. The number of aliphatic hydroxyl groups excluding tert-OH is 1. The summed E-state index contributed by atoms with van der Waals surface area (Å²) in [7, 11) is 3.82. The molecule has 0 radical (unpaired) electrons. The zero-order valence-electron chi connectivity index (χ0n) is 16.7. The van der Waals surface area contributed by atoms with Crippen molar-refractivity contribution in [1.82, 2.24) is 9.80 Å². The van der Waals surface area contributed by atoms with E-state index in [9.17, 15) is 5.11 Å². The Balaban J connectivity index is 1.59. The van der Waals surface area contributed by atoms with E-state index in [2.05, 4.69) is 22.9 Å². The van der Waals surface area contributed by atoms with Crippen LogP contribution in [0.5, 0.6) is 11.5 Å². The number of rotatable bonds is 9. The smallest absolute Gasteiger partial charge is 0.127 e. The standard InChI is InChI=1S/C21H34N2O4/c1-22(18-7-11-26-12-8-18)14-17-5-6-20(25-2)13-21(17)27-16-19(24)15-23-9-3-4-10-23/h5-6,13,18-19,24H,3-4,7-12,14-16H2,1-2H3/t19-/m1/s1. The van der Waals surface area contributed by atoms with Crippen LogP contribution in [0.3, 0.4) is 0 Å². The van der Waals surface area contributed by atoms with Crippen LogP contribution in [0.15, 0.2) is 18.2 Å². The van der Waals surface area contributed by atoms with E-state index in [1.54, 1.807) is 7.11 Å². The molecule has 0 unspecified atom stereocenters. The first-order valence-electron chi connectivity index (χ1n) is 10.1. The van der Waals surface area contributed by atoms with Crippen molar-refractivity contribution < 1.29 is 19.3 Å². The molecular formula is C21H34N2O4. The largest absolute Gasteiger partial charge is 0.497 e. The quantitative estimate of drug-likeness (QED) is 0.711. The van der Waals surface area contributed by atoms with Gasteiger partial charge in [-0.3, -0.25) is 4.90 Å². The van der Waals surface area contributed by atoms with Crippen molar-refractivity contribution in [3.05, 3.63) is 23.8 Å². The Bertz CT molecular complexity index is 571. The van der Waals surface area contributed by atoms with Gasteiger partial charge >= 0.3 is 0 Å². The van der Waals surface area contributed by atoms with Gasteiger partial charge in [0.05, 0.1) is 7.11 Å². The summed E-state index contributed by atoms with van der Waals surface area (Å²) < 4.78 is 16.9. The number of likely N-dealkylation sites (tertiary alicyclic amines) is 1. The van der Waals surface area contributed by atoms with Gasteiger partial charge in [-0.1, -0.05) is 6.07 Å². The van der Waals surface area contributed by atoms with Crippen LogP contribution in [0, 0.1) is 0 Å². The second kappa shape index (κ2) is 10.3. The van der Waals surface area contributed by atoms with Crippen LogP contribution in [0.4, 0.5) is 0 Å². The molecule has 0 bridgehead atoms. The minimum Gasteiger partial charge on any atom is -0.497 e. The van der Waals surface area contributed by atoms with E-state index in [4.69, 9.17) is 14.2 Å². The predicted octanol–water partition coefficient (Wildman–Crippen LogP) is 2.14.